The molecule has 1 fully saturated rings. The fourth-order valence-corrected chi connectivity index (χ4v) is 4.02. The second-order valence-corrected chi connectivity index (χ2v) is 7.60. The van der Waals surface area contributed by atoms with E-state index in [1.54, 1.807) is 31.2 Å². The van der Waals surface area contributed by atoms with E-state index in [9.17, 15) is 13.2 Å². The molecule has 110 valence electrons. The van der Waals surface area contributed by atoms with E-state index >= 15 is 0 Å². The Balaban J connectivity index is 2.29. The van der Waals surface area contributed by atoms with Crippen molar-refractivity contribution in [2.45, 2.75) is 38.8 Å². The van der Waals surface area contributed by atoms with Crippen LogP contribution in [0.1, 0.15) is 32.8 Å². The van der Waals surface area contributed by atoms with Gasteiger partial charge in [-0.3, -0.25) is 4.79 Å². The molecule has 1 aliphatic rings. The molecule has 0 N–H and O–H groups in total. The molecule has 1 heterocycles. The molecule has 1 aromatic rings. The van der Waals surface area contributed by atoms with Crippen LogP contribution in [0.4, 0.5) is 0 Å². The number of rotatable bonds is 4. The maximum atomic E-state index is 11.5. The Kier molecular flexibility index (Phi) is 3.73. The number of β-lactam (4-membered cyclic amide) rings is 1. The van der Waals surface area contributed by atoms with Gasteiger partial charge < -0.3 is 4.74 Å². The number of hydrogen-bond donors (Lipinski definition) is 0. The molecule has 1 aliphatic heterocycles. The average Bonchev–Trinajstić information content (AvgIpc) is 2.25. The minimum absolute atomic E-state index is 0.0569. The van der Waals surface area contributed by atoms with E-state index in [0.29, 0.717) is 11.3 Å². The summed E-state index contributed by atoms with van der Waals surface area (Å²) in [5, 5.41) is 0. The molecule has 0 aromatic heterocycles. The first-order chi connectivity index (χ1) is 9.14. The Bertz CT molecular complexity index is 626. The molecule has 0 radical (unpaired) electrons. The summed E-state index contributed by atoms with van der Waals surface area (Å²) in [4.78, 5) is 11.5. The van der Waals surface area contributed by atoms with E-state index in [-0.39, 0.29) is 12.5 Å². The van der Waals surface area contributed by atoms with Gasteiger partial charge in [-0.1, -0.05) is 12.1 Å². The molecule has 0 spiro atoms. The summed E-state index contributed by atoms with van der Waals surface area (Å²) >= 11 is 0. The first kappa shape index (κ1) is 15.1. The van der Waals surface area contributed by atoms with E-state index in [1.807, 2.05) is 13.8 Å². The lowest BCUT2D eigenvalue weighted by Gasteiger charge is -2.47. The maximum absolute atomic E-state index is 11.5. The van der Waals surface area contributed by atoms with Crippen molar-refractivity contribution >= 4 is 25.8 Å². The Labute approximate surface area is 123 Å². The van der Waals surface area contributed by atoms with Crippen LogP contribution < -0.4 is 4.74 Å². The molecular formula is C13H16ClNO4S. The highest BCUT2D eigenvalue weighted by Crippen LogP contribution is 2.44. The van der Waals surface area contributed by atoms with Gasteiger partial charge in [0.2, 0.25) is 5.91 Å². The number of carbonyl (C=O) groups excluding carboxylic acids is 1. The highest BCUT2D eigenvalue weighted by molar-refractivity contribution is 8.12. The second-order valence-electron chi connectivity index (χ2n) is 5.24. The molecule has 20 heavy (non-hydrogen) atoms. The summed E-state index contributed by atoms with van der Waals surface area (Å²) in [6.45, 7) is 5.51. The largest absolute Gasteiger partial charge is 0.491 e. The fourth-order valence-electron chi connectivity index (χ4n) is 2.37. The Morgan fingerprint density at radius 3 is 2.25 bits per heavy atom. The van der Waals surface area contributed by atoms with Crippen LogP contribution in [0.5, 0.6) is 5.75 Å². The molecule has 1 unspecified atom stereocenters. The van der Waals surface area contributed by atoms with Crippen LogP contribution in [0.3, 0.4) is 0 Å². The summed E-state index contributed by atoms with van der Waals surface area (Å²) in [5.41, 5.74) is -0.217. The van der Waals surface area contributed by atoms with Gasteiger partial charge in [0.15, 0.2) is 0 Å². The molecule has 5 nitrogen and oxygen atoms in total. The van der Waals surface area contributed by atoms with Gasteiger partial charge in [-0.15, -0.1) is 0 Å². The molecule has 0 aliphatic carbocycles. The summed E-state index contributed by atoms with van der Waals surface area (Å²) in [6.07, 6.45) is 0.171. The van der Waals surface area contributed by atoms with E-state index in [4.69, 9.17) is 15.4 Å². The number of carbonyl (C=O) groups is 1. The zero-order chi connectivity index (χ0) is 15.1. The summed E-state index contributed by atoms with van der Waals surface area (Å²) in [5.74, 6) is 0.197. The first-order valence-electron chi connectivity index (χ1n) is 6.19. The van der Waals surface area contributed by atoms with Gasteiger partial charge >= 0.3 is 9.24 Å². The summed E-state index contributed by atoms with van der Waals surface area (Å²) in [6, 6.07) is 7.00. The Morgan fingerprint density at radius 1 is 1.30 bits per heavy atom. The van der Waals surface area contributed by atoms with Crippen molar-refractivity contribution in [1.82, 2.24) is 4.31 Å². The van der Waals surface area contributed by atoms with Gasteiger partial charge in [0.25, 0.3) is 0 Å². The molecule has 0 bridgehead atoms. The normalized spacial score (nSPS) is 22.9. The second kappa shape index (κ2) is 4.93. The number of nitrogens with zero attached hydrogens (tertiary/aromatic N) is 1. The third-order valence-electron chi connectivity index (χ3n) is 3.24. The zero-order valence-corrected chi connectivity index (χ0v) is 13.0. The minimum Gasteiger partial charge on any atom is -0.491 e. The molecule has 7 heteroatoms. The van der Waals surface area contributed by atoms with Gasteiger partial charge in [0, 0.05) is 10.7 Å². The lowest BCUT2D eigenvalue weighted by molar-refractivity contribution is -0.144. The number of halogens is 1. The first-order valence-corrected chi connectivity index (χ1v) is 8.46. The van der Waals surface area contributed by atoms with Gasteiger partial charge in [0.05, 0.1) is 18.1 Å². The number of amides is 1. The molecule has 1 aromatic carbocycles. The van der Waals surface area contributed by atoms with Crippen molar-refractivity contribution in [3.8, 4) is 5.75 Å². The van der Waals surface area contributed by atoms with Crippen molar-refractivity contribution < 1.29 is 17.9 Å². The van der Waals surface area contributed by atoms with Gasteiger partial charge in [-0.2, -0.15) is 8.42 Å². The van der Waals surface area contributed by atoms with Crippen LogP contribution in [-0.4, -0.2) is 24.7 Å². The van der Waals surface area contributed by atoms with E-state index in [0.717, 1.165) is 4.31 Å². The van der Waals surface area contributed by atoms with E-state index in [1.165, 1.54) is 0 Å². The van der Waals surface area contributed by atoms with Crippen molar-refractivity contribution in [2.75, 3.05) is 0 Å². The number of hydrogen-bond acceptors (Lipinski definition) is 4. The fraction of sp³-hybridized carbons (Fsp3) is 0.462. The Morgan fingerprint density at radius 2 is 1.85 bits per heavy atom. The molecule has 0 saturated carbocycles. The smallest absolute Gasteiger partial charge is 0.324 e. The van der Waals surface area contributed by atoms with Crippen molar-refractivity contribution in [3.63, 3.8) is 0 Å². The molecular weight excluding hydrogens is 302 g/mol. The monoisotopic (exact) mass is 317 g/mol. The highest BCUT2D eigenvalue weighted by Gasteiger charge is 2.54. The molecule has 2 rings (SSSR count). The lowest BCUT2D eigenvalue weighted by atomic mass is 9.82. The van der Waals surface area contributed by atoms with E-state index in [2.05, 4.69) is 0 Å². The standard InChI is InChI=1S/C13H16ClNO4S/c1-9(2)19-11-6-4-10(5-7-11)13(3)8-12(16)15(13)20(14,17)18/h4-7,9H,8H2,1-3H3. The van der Waals surface area contributed by atoms with E-state index < -0.39 is 20.7 Å². The quantitative estimate of drug-likeness (QED) is 0.632. The third kappa shape index (κ3) is 2.62. The van der Waals surface area contributed by atoms with Crippen LogP contribution in [0.25, 0.3) is 0 Å². The zero-order valence-electron chi connectivity index (χ0n) is 11.5. The van der Waals surface area contributed by atoms with Crippen LogP contribution in [0.15, 0.2) is 24.3 Å². The van der Waals surface area contributed by atoms with Crippen molar-refractivity contribution in [3.05, 3.63) is 29.8 Å². The topological polar surface area (TPSA) is 63.7 Å². The molecule has 1 saturated heterocycles. The predicted molar refractivity (Wildman–Crippen MR) is 75.8 cm³/mol. The predicted octanol–water partition coefficient (Wildman–Crippen LogP) is 2.40. The van der Waals surface area contributed by atoms with Crippen LogP contribution in [0.2, 0.25) is 0 Å². The van der Waals surface area contributed by atoms with Crippen molar-refractivity contribution in [1.29, 1.82) is 0 Å². The van der Waals surface area contributed by atoms with Crippen LogP contribution in [0, 0.1) is 0 Å². The summed E-state index contributed by atoms with van der Waals surface area (Å²) < 4.78 is 29.2. The highest BCUT2D eigenvalue weighted by atomic mass is 35.7. The van der Waals surface area contributed by atoms with Gasteiger partial charge in [-0.25, -0.2) is 4.31 Å². The van der Waals surface area contributed by atoms with Gasteiger partial charge in [0.1, 0.15) is 5.75 Å². The number of benzene rings is 1. The maximum Gasteiger partial charge on any atom is 0.324 e. The van der Waals surface area contributed by atoms with Crippen molar-refractivity contribution in [2.24, 2.45) is 0 Å². The average molecular weight is 318 g/mol. The van der Waals surface area contributed by atoms with Crippen LogP contribution >= 0.6 is 10.7 Å². The number of ether oxygens (including phenoxy) is 1. The summed E-state index contributed by atoms with van der Waals surface area (Å²) in [7, 11) is 1.24. The Hall–Kier alpha value is -1.27. The van der Waals surface area contributed by atoms with Crippen LogP contribution in [-0.2, 0) is 19.6 Å². The SMILES string of the molecule is CC(C)Oc1ccc(C2(C)CC(=O)N2S(=O)(=O)Cl)cc1. The van der Waals surface area contributed by atoms with Gasteiger partial charge in [-0.05, 0) is 38.5 Å². The molecule has 1 amide bonds. The molecule has 1 atom stereocenters. The lowest BCUT2D eigenvalue weighted by Crippen LogP contribution is -2.60. The third-order valence-corrected chi connectivity index (χ3v) is 4.69. The minimum atomic E-state index is -4.08.